The molecule has 0 fully saturated rings. The van der Waals surface area contributed by atoms with Crippen molar-refractivity contribution in [2.45, 2.75) is 17.9 Å². The molecule has 0 aliphatic carbocycles. The van der Waals surface area contributed by atoms with Crippen LogP contribution in [0.5, 0.6) is 0 Å². The zero-order valence-corrected chi connectivity index (χ0v) is 24.0. The molecular formula is C28H23ClN4O3S3. The SMILES string of the molecule is CN1CCc2c(sc(NC(=O)c3ccccc3NS(=O)(=O)c3ccc(Cl)cc3)c2-c2nc3ccccc3s2)C1. The molecule has 1 aliphatic rings. The predicted molar refractivity (Wildman–Crippen MR) is 160 cm³/mol. The van der Waals surface area contributed by atoms with Crippen molar-refractivity contribution in [1.29, 1.82) is 0 Å². The van der Waals surface area contributed by atoms with Gasteiger partial charge in [0, 0.05) is 28.6 Å². The molecule has 1 amide bonds. The maximum atomic E-state index is 13.7. The second-order valence-corrected chi connectivity index (χ2v) is 13.5. The van der Waals surface area contributed by atoms with Gasteiger partial charge in [-0.2, -0.15) is 0 Å². The van der Waals surface area contributed by atoms with Crippen LogP contribution in [-0.2, 0) is 23.0 Å². The van der Waals surface area contributed by atoms with E-state index in [1.807, 2.05) is 24.3 Å². The number of likely N-dealkylation sites (N-methyl/N-ethyl adjacent to an activating group) is 1. The van der Waals surface area contributed by atoms with Crippen molar-refractivity contribution in [3.05, 3.63) is 93.8 Å². The first-order valence-corrected chi connectivity index (χ1v) is 15.7. The van der Waals surface area contributed by atoms with E-state index in [2.05, 4.69) is 22.0 Å². The average molecular weight is 595 g/mol. The largest absolute Gasteiger partial charge is 0.313 e. The van der Waals surface area contributed by atoms with Crippen LogP contribution in [-0.4, -0.2) is 37.8 Å². The number of anilines is 2. The molecule has 3 heterocycles. The first-order valence-electron chi connectivity index (χ1n) is 12.2. The van der Waals surface area contributed by atoms with Gasteiger partial charge in [-0.25, -0.2) is 13.4 Å². The van der Waals surface area contributed by atoms with E-state index in [4.69, 9.17) is 16.6 Å². The number of thiazole rings is 1. The van der Waals surface area contributed by atoms with Crippen LogP contribution < -0.4 is 10.0 Å². The molecule has 0 saturated heterocycles. The Morgan fingerprint density at radius 3 is 2.54 bits per heavy atom. The number of benzene rings is 3. The van der Waals surface area contributed by atoms with Gasteiger partial charge < -0.3 is 10.2 Å². The van der Waals surface area contributed by atoms with E-state index in [1.165, 1.54) is 34.7 Å². The minimum Gasteiger partial charge on any atom is -0.313 e. The quantitative estimate of drug-likeness (QED) is 0.228. The lowest BCUT2D eigenvalue weighted by Crippen LogP contribution is -2.25. The van der Waals surface area contributed by atoms with Gasteiger partial charge in [0.05, 0.1) is 26.4 Å². The minimum absolute atomic E-state index is 0.0512. The lowest BCUT2D eigenvalue weighted by atomic mass is 10.0. The average Bonchev–Trinajstić information content (AvgIpc) is 3.49. The number of thiophene rings is 1. The predicted octanol–water partition coefficient (Wildman–Crippen LogP) is 6.72. The molecule has 7 nitrogen and oxygen atoms in total. The number of carbonyl (C=O) groups excluding carboxylic acids is 1. The minimum atomic E-state index is -3.93. The van der Waals surface area contributed by atoms with Crippen molar-refractivity contribution >= 4 is 71.1 Å². The van der Waals surface area contributed by atoms with Crippen LogP contribution in [0.1, 0.15) is 20.8 Å². The van der Waals surface area contributed by atoms with Gasteiger partial charge in [-0.3, -0.25) is 9.52 Å². The van der Waals surface area contributed by atoms with Crippen LogP contribution in [0, 0.1) is 0 Å². The van der Waals surface area contributed by atoms with Gasteiger partial charge in [0.2, 0.25) is 0 Å². The Bertz CT molecular complexity index is 1780. The topological polar surface area (TPSA) is 91.4 Å². The Kier molecular flexibility index (Phi) is 6.90. The molecule has 3 aromatic carbocycles. The number of amides is 1. The van der Waals surface area contributed by atoms with Gasteiger partial charge in [0.15, 0.2) is 0 Å². The molecule has 1 aliphatic heterocycles. The lowest BCUT2D eigenvalue weighted by Gasteiger charge is -2.22. The highest BCUT2D eigenvalue weighted by Gasteiger charge is 2.27. The number of para-hydroxylation sites is 2. The Morgan fingerprint density at radius 2 is 1.74 bits per heavy atom. The van der Waals surface area contributed by atoms with Crippen molar-refractivity contribution in [3.63, 3.8) is 0 Å². The van der Waals surface area contributed by atoms with Crippen LogP contribution in [0.15, 0.2) is 77.7 Å². The molecule has 6 rings (SSSR count). The number of nitrogens with zero attached hydrogens (tertiary/aromatic N) is 2. The molecule has 198 valence electrons. The second kappa shape index (κ2) is 10.4. The molecule has 0 unspecified atom stereocenters. The molecule has 2 aromatic heterocycles. The Balaban J connectivity index is 1.36. The second-order valence-electron chi connectivity index (χ2n) is 9.24. The van der Waals surface area contributed by atoms with E-state index in [-0.39, 0.29) is 16.1 Å². The van der Waals surface area contributed by atoms with E-state index < -0.39 is 15.9 Å². The maximum Gasteiger partial charge on any atom is 0.261 e. The van der Waals surface area contributed by atoms with E-state index in [0.29, 0.717) is 5.02 Å². The van der Waals surface area contributed by atoms with Crippen LogP contribution in [0.25, 0.3) is 20.8 Å². The zero-order valence-electron chi connectivity index (χ0n) is 20.8. The summed E-state index contributed by atoms with van der Waals surface area (Å²) in [5.74, 6) is -0.404. The highest BCUT2D eigenvalue weighted by molar-refractivity contribution is 7.92. The number of fused-ring (bicyclic) bond motifs is 2. The molecule has 11 heteroatoms. The first-order chi connectivity index (χ1) is 18.8. The fourth-order valence-electron chi connectivity index (χ4n) is 4.58. The number of sulfonamides is 1. The normalized spacial score (nSPS) is 13.8. The summed E-state index contributed by atoms with van der Waals surface area (Å²) < 4.78 is 29.7. The fraction of sp³-hybridized carbons (Fsp3) is 0.143. The number of rotatable bonds is 6. The van der Waals surface area contributed by atoms with E-state index in [1.54, 1.807) is 46.9 Å². The zero-order chi connectivity index (χ0) is 27.1. The number of hydrogen-bond donors (Lipinski definition) is 2. The molecule has 0 bridgehead atoms. The van der Waals surface area contributed by atoms with Gasteiger partial charge in [-0.1, -0.05) is 35.9 Å². The monoisotopic (exact) mass is 594 g/mol. The van der Waals surface area contributed by atoms with Crippen molar-refractivity contribution in [1.82, 2.24) is 9.88 Å². The molecule has 0 radical (unpaired) electrons. The highest BCUT2D eigenvalue weighted by atomic mass is 35.5. The van der Waals surface area contributed by atoms with Gasteiger partial charge in [-0.05, 0) is 67.6 Å². The maximum absolute atomic E-state index is 13.7. The summed E-state index contributed by atoms with van der Waals surface area (Å²) in [7, 11) is -1.85. The molecule has 39 heavy (non-hydrogen) atoms. The van der Waals surface area contributed by atoms with E-state index >= 15 is 0 Å². The third-order valence-corrected chi connectivity index (χ3v) is 10.3. The van der Waals surface area contributed by atoms with Crippen LogP contribution in [0.2, 0.25) is 5.02 Å². The first kappa shape index (κ1) is 26.0. The van der Waals surface area contributed by atoms with Gasteiger partial charge in [-0.15, -0.1) is 22.7 Å². The summed E-state index contributed by atoms with van der Waals surface area (Å²) in [6, 6.07) is 20.4. The third-order valence-electron chi connectivity index (χ3n) is 6.52. The van der Waals surface area contributed by atoms with Crippen LogP contribution in [0.3, 0.4) is 0 Å². The lowest BCUT2D eigenvalue weighted by molar-refractivity contribution is 0.102. The molecule has 0 atom stereocenters. The number of hydrogen-bond acceptors (Lipinski definition) is 7. The number of carbonyl (C=O) groups is 1. The van der Waals surface area contributed by atoms with Crippen molar-refractivity contribution < 1.29 is 13.2 Å². The summed E-state index contributed by atoms with van der Waals surface area (Å²) >= 11 is 9.08. The summed E-state index contributed by atoms with van der Waals surface area (Å²) in [6.07, 6.45) is 0.862. The summed E-state index contributed by atoms with van der Waals surface area (Å²) in [4.78, 5) is 22.0. The summed E-state index contributed by atoms with van der Waals surface area (Å²) in [6.45, 7) is 1.72. The number of halogens is 1. The van der Waals surface area contributed by atoms with Gasteiger partial charge in [0.25, 0.3) is 15.9 Å². The number of nitrogens with one attached hydrogen (secondary N) is 2. The van der Waals surface area contributed by atoms with Crippen molar-refractivity contribution in [3.8, 4) is 10.6 Å². The van der Waals surface area contributed by atoms with Gasteiger partial charge >= 0.3 is 0 Å². The smallest absolute Gasteiger partial charge is 0.261 e. The molecule has 0 spiro atoms. The summed E-state index contributed by atoms with van der Waals surface area (Å²) in [5, 5.41) is 5.11. The van der Waals surface area contributed by atoms with E-state index in [9.17, 15) is 13.2 Å². The molecule has 2 N–H and O–H groups in total. The fourth-order valence-corrected chi connectivity index (χ4v) is 8.22. The van der Waals surface area contributed by atoms with Crippen LogP contribution in [0.4, 0.5) is 10.7 Å². The standard InChI is InChI=1S/C28H23ClN4O3S3/c1-33-15-14-20-24(16-33)38-28(25(20)27-30-22-8-4-5-9-23(22)37-27)31-26(34)19-6-2-3-7-21(19)32-39(35,36)18-12-10-17(29)11-13-18/h2-13,32H,14-16H2,1H3,(H,31,34). The van der Waals surface area contributed by atoms with Crippen LogP contribution >= 0.6 is 34.3 Å². The summed E-state index contributed by atoms with van der Waals surface area (Å²) in [5.41, 5.74) is 3.49. The number of aromatic nitrogens is 1. The van der Waals surface area contributed by atoms with Gasteiger partial charge in [0.1, 0.15) is 10.0 Å². The Hall–Kier alpha value is -3.28. The van der Waals surface area contributed by atoms with E-state index in [0.717, 1.165) is 45.3 Å². The highest BCUT2D eigenvalue weighted by Crippen LogP contribution is 2.45. The Labute approximate surface area is 239 Å². The van der Waals surface area contributed by atoms with Crippen molar-refractivity contribution in [2.24, 2.45) is 0 Å². The molecular weight excluding hydrogens is 572 g/mol. The molecule has 5 aromatic rings. The molecule has 0 saturated carbocycles. The van der Waals surface area contributed by atoms with Crippen molar-refractivity contribution in [2.75, 3.05) is 23.6 Å². The Morgan fingerprint density at radius 1 is 1.00 bits per heavy atom. The third kappa shape index (κ3) is 5.18.